The molecule has 13 heteroatoms. The number of hydrogen-bond donors (Lipinski definition) is 4. The van der Waals surface area contributed by atoms with Crippen LogP contribution in [0.1, 0.15) is 101 Å². The number of carbonyl (C=O) groups is 4. The molecule has 0 saturated carbocycles. The number of likely N-dealkylation sites (N-methyl/N-ethyl adjacent to an activating group) is 2. The van der Waals surface area contributed by atoms with Crippen LogP contribution in [0.3, 0.4) is 0 Å². The van der Waals surface area contributed by atoms with Gasteiger partial charge in [0.05, 0.1) is 12.1 Å². The zero-order valence-corrected chi connectivity index (χ0v) is 31.0. The SMILES string of the molecule is CCC(C)C(NC(C)(O)C1CCCCN1C)C(=O)N(C)C(CC(OC(C)=O)c1nc(C(=O)NC(Cc2ccccc2)C(=O)O)cs1)C(C)C. The number of carboxylic acids is 1. The monoisotopic (exact) mass is 701 g/mol. The molecular weight excluding hydrogens is 646 g/mol. The van der Waals surface area contributed by atoms with Gasteiger partial charge < -0.3 is 25.2 Å². The number of rotatable bonds is 17. The van der Waals surface area contributed by atoms with E-state index in [-0.39, 0.29) is 42.3 Å². The Kier molecular flexibility index (Phi) is 14.7. The van der Waals surface area contributed by atoms with E-state index in [4.69, 9.17) is 4.74 Å². The number of nitrogens with one attached hydrogen (secondary N) is 2. The van der Waals surface area contributed by atoms with Crippen molar-refractivity contribution in [2.45, 2.75) is 116 Å². The molecule has 3 rings (SSSR count). The Morgan fingerprint density at radius 2 is 1.84 bits per heavy atom. The highest BCUT2D eigenvalue weighted by Gasteiger charge is 2.42. The van der Waals surface area contributed by atoms with E-state index in [0.29, 0.717) is 11.4 Å². The van der Waals surface area contributed by atoms with E-state index >= 15 is 0 Å². The highest BCUT2D eigenvalue weighted by molar-refractivity contribution is 7.09. The first-order valence-electron chi connectivity index (χ1n) is 17.2. The molecule has 0 aliphatic carbocycles. The van der Waals surface area contributed by atoms with Gasteiger partial charge in [0, 0.05) is 38.2 Å². The summed E-state index contributed by atoms with van der Waals surface area (Å²) in [5.41, 5.74) is -0.525. The highest BCUT2D eigenvalue weighted by Crippen LogP contribution is 2.32. The maximum absolute atomic E-state index is 14.3. The number of hydrogen-bond acceptors (Lipinski definition) is 10. The van der Waals surface area contributed by atoms with Crippen LogP contribution >= 0.6 is 11.3 Å². The van der Waals surface area contributed by atoms with E-state index in [1.165, 1.54) is 12.3 Å². The number of aliphatic carboxylic acids is 1. The molecule has 2 heterocycles. The van der Waals surface area contributed by atoms with Crippen molar-refractivity contribution >= 4 is 35.1 Å². The number of benzene rings is 1. The second-order valence-corrected chi connectivity index (χ2v) is 14.8. The number of carbonyl (C=O) groups excluding carboxylic acids is 3. The van der Waals surface area contributed by atoms with Crippen LogP contribution in [0.2, 0.25) is 0 Å². The molecule has 1 aliphatic heterocycles. The second-order valence-electron chi connectivity index (χ2n) is 13.9. The van der Waals surface area contributed by atoms with Gasteiger partial charge in [-0.25, -0.2) is 9.78 Å². The van der Waals surface area contributed by atoms with Crippen molar-refractivity contribution in [1.29, 1.82) is 0 Å². The molecule has 7 unspecified atom stereocenters. The highest BCUT2D eigenvalue weighted by atomic mass is 32.1. The van der Waals surface area contributed by atoms with E-state index in [9.17, 15) is 29.4 Å². The summed E-state index contributed by atoms with van der Waals surface area (Å²) >= 11 is 1.13. The molecule has 0 spiro atoms. The summed E-state index contributed by atoms with van der Waals surface area (Å²) in [6.45, 7) is 11.9. The summed E-state index contributed by atoms with van der Waals surface area (Å²) in [5.74, 6) is -2.67. The molecule has 1 aromatic carbocycles. The van der Waals surface area contributed by atoms with Gasteiger partial charge >= 0.3 is 11.9 Å². The summed E-state index contributed by atoms with van der Waals surface area (Å²) < 4.78 is 5.72. The van der Waals surface area contributed by atoms with Gasteiger partial charge in [0.2, 0.25) is 5.91 Å². The number of piperidine rings is 1. The van der Waals surface area contributed by atoms with Crippen molar-refractivity contribution in [2.24, 2.45) is 11.8 Å². The molecule has 2 amide bonds. The van der Waals surface area contributed by atoms with Crippen LogP contribution in [-0.2, 0) is 25.5 Å². The third-order valence-corrected chi connectivity index (χ3v) is 10.6. The number of aliphatic hydroxyl groups is 1. The zero-order valence-electron chi connectivity index (χ0n) is 30.1. The predicted molar refractivity (Wildman–Crippen MR) is 189 cm³/mol. The van der Waals surface area contributed by atoms with Crippen LogP contribution in [0.15, 0.2) is 35.7 Å². The minimum Gasteiger partial charge on any atom is -0.480 e. The number of amides is 2. The van der Waals surface area contributed by atoms with Crippen LogP contribution in [0.4, 0.5) is 0 Å². The molecule has 4 N–H and O–H groups in total. The van der Waals surface area contributed by atoms with Gasteiger partial charge in [-0.3, -0.25) is 24.6 Å². The molecule has 1 aliphatic rings. The van der Waals surface area contributed by atoms with Gasteiger partial charge in [-0.15, -0.1) is 11.3 Å². The number of ether oxygens (including phenoxy) is 1. The third-order valence-electron chi connectivity index (χ3n) is 9.64. The summed E-state index contributed by atoms with van der Waals surface area (Å²) in [4.78, 5) is 59.9. The predicted octanol–water partition coefficient (Wildman–Crippen LogP) is 4.24. The molecule has 1 fully saturated rings. The standard InChI is InChI=1S/C36H55N5O7S/c1-9-23(4)31(39-36(6,47)30-17-13-14-18-40(30)7)34(44)41(8)28(22(2)3)20-29(48-24(5)42)33-38-27(21-49-33)32(43)37-26(35(45)46)19-25-15-11-10-12-16-25/h10-12,15-16,21-23,26,28-31,39,47H,9,13-14,17-20H2,1-8H3,(H,37,43)(H,45,46). The number of likely N-dealkylation sites (tertiary alicyclic amines) is 1. The number of thiazole rings is 1. The molecule has 7 atom stereocenters. The number of aromatic nitrogens is 1. The summed E-state index contributed by atoms with van der Waals surface area (Å²) in [6, 6.07) is 6.65. The Morgan fingerprint density at radius 1 is 1.16 bits per heavy atom. The first-order valence-corrected chi connectivity index (χ1v) is 18.1. The molecule has 0 radical (unpaired) electrons. The quantitative estimate of drug-likeness (QED) is 0.139. The minimum absolute atomic E-state index is 0.0120. The number of carboxylic acid groups (broad SMARTS) is 1. The number of nitrogens with zero attached hydrogens (tertiary/aromatic N) is 3. The molecule has 0 bridgehead atoms. The normalized spacial score (nSPS) is 19.6. The van der Waals surface area contributed by atoms with Crippen LogP contribution in [0.25, 0.3) is 0 Å². The lowest BCUT2D eigenvalue weighted by molar-refractivity contribution is -0.149. The average Bonchev–Trinajstić information content (AvgIpc) is 3.55. The second kappa shape index (κ2) is 18.0. The molecular formula is C36H55N5O7S. The number of esters is 1. The fourth-order valence-corrected chi connectivity index (χ4v) is 7.42. The van der Waals surface area contributed by atoms with Gasteiger partial charge in [-0.2, -0.15) is 0 Å². The van der Waals surface area contributed by atoms with Crippen LogP contribution < -0.4 is 10.6 Å². The van der Waals surface area contributed by atoms with Crippen molar-refractivity contribution < 1.29 is 34.1 Å². The van der Waals surface area contributed by atoms with Crippen molar-refractivity contribution in [2.75, 3.05) is 20.6 Å². The lowest BCUT2D eigenvalue weighted by Gasteiger charge is -2.45. The third kappa shape index (κ3) is 11.1. The van der Waals surface area contributed by atoms with E-state index in [2.05, 4.69) is 20.5 Å². The lowest BCUT2D eigenvalue weighted by Crippen LogP contribution is -2.65. The van der Waals surface area contributed by atoms with Gasteiger partial charge in [-0.1, -0.05) is 70.9 Å². The van der Waals surface area contributed by atoms with E-state index < -0.39 is 47.8 Å². The smallest absolute Gasteiger partial charge is 0.326 e. The van der Waals surface area contributed by atoms with E-state index in [1.54, 1.807) is 43.1 Å². The van der Waals surface area contributed by atoms with Gasteiger partial charge in [0.25, 0.3) is 5.91 Å². The Morgan fingerprint density at radius 3 is 2.41 bits per heavy atom. The first-order chi connectivity index (χ1) is 23.0. The molecule has 49 heavy (non-hydrogen) atoms. The van der Waals surface area contributed by atoms with Crippen LogP contribution in [0.5, 0.6) is 0 Å². The maximum Gasteiger partial charge on any atom is 0.326 e. The average molecular weight is 702 g/mol. The Balaban J connectivity index is 1.81. The van der Waals surface area contributed by atoms with Crippen molar-refractivity contribution in [1.82, 2.24) is 25.4 Å². The van der Waals surface area contributed by atoms with Crippen molar-refractivity contribution in [3.8, 4) is 0 Å². The van der Waals surface area contributed by atoms with Crippen molar-refractivity contribution in [3.63, 3.8) is 0 Å². The van der Waals surface area contributed by atoms with Gasteiger partial charge in [0.15, 0.2) is 6.10 Å². The van der Waals surface area contributed by atoms with Crippen LogP contribution in [-0.4, -0.2) is 99.3 Å². The van der Waals surface area contributed by atoms with Gasteiger partial charge in [-0.05, 0) is 50.8 Å². The Labute approximate surface area is 294 Å². The molecule has 1 aromatic heterocycles. The molecule has 272 valence electrons. The summed E-state index contributed by atoms with van der Waals surface area (Å²) in [6.07, 6.45) is 3.08. The summed E-state index contributed by atoms with van der Waals surface area (Å²) in [5, 5.41) is 29.2. The van der Waals surface area contributed by atoms with Crippen LogP contribution in [0, 0.1) is 11.8 Å². The van der Waals surface area contributed by atoms with Crippen molar-refractivity contribution in [3.05, 3.63) is 52.0 Å². The molecule has 12 nitrogen and oxygen atoms in total. The summed E-state index contributed by atoms with van der Waals surface area (Å²) in [7, 11) is 3.73. The first kappa shape index (κ1) is 40.0. The van der Waals surface area contributed by atoms with E-state index in [1.807, 2.05) is 40.8 Å². The van der Waals surface area contributed by atoms with Gasteiger partial charge in [0.1, 0.15) is 22.5 Å². The molecule has 1 saturated heterocycles. The fraction of sp³-hybridized carbons (Fsp3) is 0.639. The molecule has 2 aromatic rings. The minimum atomic E-state index is -1.30. The Bertz CT molecular complexity index is 1400. The van der Waals surface area contributed by atoms with E-state index in [0.717, 1.165) is 42.7 Å². The lowest BCUT2D eigenvalue weighted by atomic mass is 9.89. The topological polar surface area (TPSA) is 161 Å². The maximum atomic E-state index is 14.3. The fourth-order valence-electron chi connectivity index (χ4n) is 6.58. The Hall–Kier alpha value is -3.39. The zero-order chi connectivity index (χ0) is 36.5. The largest absolute Gasteiger partial charge is 0.480 e.